The predicted molar refractivity (Wildman–Crippen MR) is 131 cm³/mol. The van der Waals surface area contributed by atoms with Crippen molar-refractivity contribution in [3.8, 4) is 0 Å². The first-order chi connectivity index (χ1) is 15.2. The molecule has 2 aliphatic rings. The highest BCUT2D eigenvalue weighted by Crippen LogP contribution is 2.37. The van der Waals surface area contributed by atoms with Gasteiger partial charge in [-0.2, -0.15) is 4.98 Å². The Balaban J connectivity index is 1.80. The van der Waals surface area contributed by atoms with Crippen LogP contribution in [0.1, 0.15) is 61.3 Å². The number of nitrogens with zero attached hydrogens (tertiary/aromatic N) is 4. The third kappa shape index (κ3) is 4.49. The third-order valence-electron chi connectivity index (χ3n) is 6.88. The van der Waals surface area contributed by atoms with E-state index in [9.17, 15) is 8.42 Å². The van der Waals surface area contributed by atoms with E-state index in [1.165, 1.54) is 43.9 Å². The van der Waals surface area contributed by atoms with Crippen molar-refractivity contribution in [3.05, 3.63) is 34.4 Å². The Hall–Kier alpha value is -2.15. The van der Waals surface area contributed by atoms with E-state index in [0.29, 0.717) is 24.8 Å². The molecule has 0 spiro atoms. The van der Waals surface area contributed by atoms with Crippen molar-refractivity contribution in [1.29, 1.82) is 0 Å². The average molecular weight is 457 g/mol. The van der Waals surface area contributed by atoms with E-state index in [-0.39, 0.29) is 5.03 Å². The first-order valence-corrected chi connectivity index (χ1v) is 13.8. The zero-order chi connectivity index (χ0) is 23.0. The molecule has 4 rings (SSSR count). The molecule has 1 aromatic heterocycles. The average Bonchev–Trinajstić information content (AvgIpc) is 3.12. The minimum atomic E-state index is -3.46. The number of aryl methyl sites for hydroxylation is 3. The summed E-state index contributed by atoms with van der Waals surface area (Å²) >= 11 is 0. The molecule has 0 N–H and O–H groups in total. The molecule has 0 unspecified atom stereocenters. The molecule has 0 atom stereocenters. The summed E-state index contributed by atoms with van der Waals surface area (Å²) in [5, 5.41) is 0.199. The molecule has 2 aromatic rings. The summed E-state index contributed by atoms with van der Waals surface area (Å²) in [5.41, 5.74) is 5.36. The van der Waals surface area contributed by atoms with Crippen LogP contribution in [-0.2, 0) is 16.3 Å². The molecule has 7 heteroatoms. The summed E-state index contributed by atoms with van der Waals surface area (Å²) < 4.78 is 25.5. The summed E-state index contributed by atoms with van der Waals surface area (Å²) in [6.45, 7) is 10.8. The summed E-state index contributed by atoms with van der Waals surface area (Å²) in [6, 6.07) is 4.32. The van der Waals surface area contributed by atoms with Crippen LogP contribution in [0.2, 0.25) is 0 Å². The molecule has 1 aliphatic carbocycles. The Bertz CT molecular complexity index is 1080. The number of aromatic nitrogens is 2. The van der Waals surface area contributed by atoms with Crippen LogP contribution in [0.25, 0.3) is 0 Å². The van der Waals surface area contributed by atoms with Crippen LogP contribution >= 0.6 is 0 Å². The van der Waals surface area contributed by atoms with E-state index in [0.717, 1.165) is 41.3 Å². The SMILES string of the molecule is CCN(c1nc2c(c(S(C)(=O)=O)n1)CCN2CC1CCCCC1)c1c(C)cc(C)cc1C. The lowest BCUT2D eigenvalue weighted by molar-refractivity contribution is 0.359. The van der Waals surface area contributed by atoms with Crippen LogP contribution in [0.4, 0.5) is 17.5 Å². The molecule has 1 fully saturated rings. The largest absolute Gasteiger partial charge is 0.356 e. The van der Waals surface area contributed by atoms with E-state index >= 15 is 0 Å². The van der Waals surface area contributed by atoms with Crippen molar-refractivity contribution < 1.29 is 8.42 Å². The molecule has 0 bridgehead atoms. The van der Waals surface area contributed by atoms with Gasteiger partial charge in [-0.15, -0.1) is 0 Å². The van der Waals surface area contributed by atoms with E-state index < -0.39 is 9.84 Å². The van der Waals surface area contributed by atoms with E-state index in [1.807, 2.05) is 0 Å². The lowest BCUT2D eigenvalue weighted by Gasteiger charge is -2.29. The molecule has 1 aromatic carbocycles. The van der Waals surface area contributed by atoms with Crippen molar-refractivity contribution in [3.63, 3.8) is 0 Å². The highest BCUT2D eigenvalue weighted by atomic mass is 32.2. The minimum Gasteiger partial charge on any atom is -0.356 e. The Labute approximate surface area is 193 Å². The smallest absolute Gasteiger partial charge is 0.233 e. The van der Waals surface area contributed by atoms with Gasteiger partial charge in [0.05, 0.1) is 0 Å². The standard InChI is InChI=1S/C25H36N4O2S/c1-6-29(22-18(3)14-17(2)15-19(22)4)25-26-23-21(24(27-25)32(5,30)31)12-13-28(23)16-20-10-8-7-9-11-20/h14-15,20H,6-13,16H2,1-5H3. The molecule has 2 heterocycles. The molecular formula is C25H36N4O2S. The normalized spacial score (nSPS) is 17.0. The van der Waals surface area contributed by atoms with Crippen LogP contribution in [0, 0.1) is 26.7 Å². The molecule has 1 aliphatic heterocycles. The second-order valence-electron chi connectivity index (χ2n) is 9.59. The van der Waals surface area contributed by atoms with E-state index in [2.05, 4.69) is 54.6 Å². The van der Waals surface area contributed by atoms with Crippen LogP contribution in [0.15, 0.2) is 17.2 Å². The van der Waals surface area contributed by atoms with Crippen molar-refractivity contribution in [2.24, 2.45) is 5.92 Å². The van der Waals surface area contributed by atoms with Crippen LogP contribution < -0.4 is 9.80 Å². The quantitative estimate of drug-likeness (QED) is 0.576. The minimum absolute atomic E-state index is 0.199. The summed E-state index contributed by atoms with van der Waals surface area (Å²) in [7, 11) is -3.46. The molecule has 0 radical (unpaired) electrons. The van der Waals surface area contributed by atoms with Gasteiger partial charge in [-0.3, -0.25) is 0 Å². The van der Waals surface area contributed by atoms with Crippen molar-refractivity contribution in [2.75, 3.05) is 35.7 Å². The Morgan fingerprint density at radius 3 is 2.31 bits per heavy atom. The third-order valence-corrected chi connectivity index (χ3v) is 7.92. The topological polar surface area (TPSA) is 66.4 Å². The van der Waals surface area contributed by atoms with Crippen LogP contribution in [0.5, 0.6) is 0 Å². The summed E-state index contributed by atoms with van der Waals surface area (Å²) in [4.78, 5) is 14.0. The summed E-state index contributed by atoms with van der Waals surface area (Å²) in [6.07, 6.45) is 8.39. The van der Waals surface area contributed by atoms with E-state index in [4.69, 9.17) is 4.98 Å². The van der Waals surface area contributed by atoms with Gasteiger partial charge < -0.3 is 9.80 Å². The number of fused-ring (bicyclic) bond motifs is 1. The van der Waals surface area contributed by atoms with Crippen molar-refractivity contribution in [1.82, 2.24) is 9.97 Å². The zero-order valence-electron chi connectivity index (χ0n) is 20.1. The van der Waals surface area contributed by atoms with Gasteiger partial charge in [0.1, 0.15) is 5.82 Å². The lowest BCUT2D eigenvalue weighted by atomic mass is 9.89. The predicted octanol–water partition coefficient (Wildman–Crippen LogP) is 4.91. The molecule has 1 saturated carbocycles. The fourth-order valence-corrected chi connectivity index (χ4v) is 6.45. The van der Waals surface area contributed by atoms with Gasteiger partial charge in [0.15, 0.2) is 14.9 Å². The van der Waals surface area contributed by atoms with Crippen molar-refractivity contribution in [2.45, 2.75) is 71.2 Å². The maximum absolute atomic E-state index is 12.7. The van der Waals surface area contributed by atoms with Crippen LogP contribution in [-0.4, -0.2) is 44.3 Å². The second kappa shape index (κ2) is 9.00. The number of rotatable bonds is 6. The fraction of sp³-hybridized carbons (Fsp3) is 0.600. The number of hydrogen-bond acceptors (Lipinski definition) is 6. The maximum atomic E-state index is 12.7. The van der Waals surface area contributed by atoms with Crippen molar-refractivity contribution >= 4 is 27.3 Å². The Morgan fingerprint density at radius 1 is 1.06 bits per heavy atom. The molecule has 32 heavy (non-hydrogen) atoms. The number of anilines is 3. The Kier molecular flexibility index (Phi) is 6.48. The van der Waals surface area contributed by atoms with Gasteiger partial charge in [-0.25, -0.2) is 13.4 Å². The van der Waals surface area contributed by atoms with Gasteiger partial charge >= 0.3 is 0 Å². The number of benzene rings is 1. The second-order valence-corrected chi connectivity index (χ2v) is 11.5. The lowest BCUT2D eigenvalue weighted by Crippen LogP contribution is -2.30. The highest BCUT2D eigenvalue weighted by molar-refractivity contribution is 7.90. The van der Waals surface area contributed by atoms with Gasteiger partial charge in [-0.05, 0) is 64.0 Å². The van der Waals surface area contributed by atoms with E-state index in [1.54, 1.807) is 0 Å². The zero-order valence-corrected chi connectivity index (χ0v) is 20.9. The Morgan fingerprint density at radius 2 is 1.72 bits per heavy atom. The van der Waals surface area contributed by atoms with Crippen LogP contribution in [0.3, 0.4) is 0 Å². The van der Waals surface area contributed by atoms with Gasteiger partial charge in [0.2, 0.25) is 5.95 Å². The highest BCUT2D eigenvalue weighted by Gasteiger charge is 2.32. The van der Waals surface area contributed by atoms with Gasteiger partial charge in [-0.1, -0.05) is 37.0 Å². The molecule has 0 amide bonds. The summed E-state index contributed by atoms with van der Waals surface area (Å²) in [5.74, 6) is 1.97. The monoisotopic (exact) mass is 456 g/mol. The van der Waals surface area contributed by atoms with Gasteiger partial charge in [0, 0.05) is 37.1 Å². The maximum Gasteiger partial charge on any atom is 0.233 e. The molecule has 174 valence electrons. The molecule has 0 saturated heterocycles. The first-order valence-electron chi connectivity index (χ1n) is 11.9. The number of sulfone groups is 1. The number of hydrogen-bond donors (Lipinski definition) is 0. The fourth-order valence-electron chi connectivity index (χ4n) is 5.56. The first kappa shape index (κ1) is 23.0. The molecule has 6 nitrogen and oxygen atoms in total. The van der Waals surface area contributed by atoms with Gasteiger partial charge in [0.25, 0.3) is 0 Å². The molecular weight excluding hydrogens is 420 g/mol.